The highest BCUT2D eigenvalue weighted by molar-refractivity contribution is 6.31. The molecule has 2 N–H and O–H groups in total. The lowest BCUT2D eigenvalue weighted by Crippen LogP contribution is -2.54. The lowest BCUT2D eigenvalue weighted by Gasteiger charge is -2.34. The van der Waals surface area contributed by atoms with Gasteiger partial charge in [0, 0.05) is 28.7 Å². The normalized spacial score (nSPS) is 24.0. The minimum absolute atomic E-state index is 0.370. The van der Waals surface area contributed by atoms with Gasteiger partial charge >= 0.3 is 6.09 Å². The van der Waals surface area contributed by atoms with E-state index in [0.717, 1.165) is 16.5 Å². The molecule has 2 aromatic rings. The SMILES string of the molecule is CC1(C)OC(=O)N(CCc2c[nH]c3ccc(Cl)cc23)[C@]1(C)O. The minimum Gasteiger partial charge on any atom is -0.438 e. The molecule has 1 atom stereocenters. The average Bonchev–Trinajstić information content (AvgIpc) is 2.86. The van der Waals surface area contributed by atoms with Gasteiger partial charge in [-0.15, -0.1) is 0 Å². The van der Waals surface area contributed by atoms with Gasteiger partial charge in [0.15, 0.2) is 11.3 Å². The van der Waals surface area contributed by atoms with Crippen molar-refractivity contribution in [2.75, 3.05) is 6.54 Å². The second-order valence-electron chi connectivity index (χ2n) is 6.30. The zero-order valence-corrected chi connectivity index (χ0v) is 13.6. The van der Waals surface area contributed by atoms with Crippen LogP contribution in [0, 0.1) is 0 Å². The van der Waals surface area contributed by atoms with Crippen LogP contribution in [0.25, 0.3) is 10.9 Å². The van der Waals surface area contributed by atoms with Crippen LogP contribution >= 0.6 is 11.6 Å². The lowest BCUT2D eigenvalue weighted by atomic mass is 9.95. The first kappa shape index (κ1) is 15.2. The standard InChI is InChI=1S/C16H19ClN2O3/c1-15(2)16(3,21)19(14(20)22-15)7-6-10-9-18-13-5-4-11(17)8-12(10)13/h4-5,8-9,18,21H,6-7H2,1-3H3/t16-/m1/s1. The number of benzene rings is 1. The Morgan fingerprint density at radius 3 is 2.73 bits per heavy atom. The van der Waals surface area contributed by atoms with Gasteiger partial charge in [-0.3, -0.25) is 4.90 Å². The number of H-pyrrole nitrogens is 1. The first-order valence-corrected chi connectivity index (χ1v) is 7.59. The van der Waals surface area contributed by atoms with Gasteiger partial charge in [-0.1, -0.05) is 11.6 Å². The Hall–Kier alpha value is -1.72. The summed E-state index contributed by atoms with van der Waals surface area (Å²) in [6.07, 6.45) is 2.01. The maximum absolute atomic E-state index is 12.0. The van der Waals surface area contributed by atoms with Crippen molar-refractivity contribution in [1.29, 1.82) is 0 Å². The number of ether oxygens (including phenoxy) is 1. The highest BCUT2D eigenvalue weighted by atomic mass is 35.5. The largest absolute Gasteiger partial charge is 0.438 e. The monoisotopic (exact) mass is 322 g/mol. The fourth-order valence-electron chi connectivity index (χ4n) is 2.77. The van der Waals surface area contributed by atoms with Crippen molar-refractivity contribution in [2.45, 2.75) is 38.5 Å². The number of nitrogens with one attached hydrogen (secondary N) is 1. The Kier molecular flexibility index (Phi) is 3.38. The topological polar surface area (TPSA) is 65.6 Å². The van der Waals surface area contributed by atoms with Crippen molar-refractivity contribution in [3.05, 3.63) is 35.0 Å². The van der Waals surface area contributed by atoms with Crippen LogP contribution in [0.5, 0.6) is 0 Å². The molecule has 1 fully saturated rings. The summed E-state index contributed by atoms with van der Waals surface area (Å²) in [6.45, 7) is 5.38. The third kappa shape index (κ3) is 2.25. The number of aliphatic hydroxyl groups is 1. The number of carbonyl (C=O) groups excluding carboxylic acids is 1. The molecule has 0 spiro atoms. The van der Waals surface area contributed by atoms with Crippen molar-refractivity contribution in [2.24, 2.45) is 0 Å². The molecule has 1 aromatic carbocycles. The van der Waals surface area contributed by atoms with Gasteiger partial charge in [0.2, 0.25) is 0 Å². The van der Waals surface area contributed by atoms with E-state index in [-0.39, 0.29) is 0 Å². The molecule has 22 heavy (non-hydrogen) atoms. The van der Waals surface area contributed by atoms with Crippen molar-refractivity contribution < 1.29 is 14.6 Å². The zero-order chi connectivity index (χ0) is 16.1. The lowest BCUT2D eigenvalue weighted by molar-refractivity contribution is -0.126. The number of halogens is 1. The maximum atomic E-state index is 12.0. The van der Waals surface area contributed by atoms with Gasteiger partial charge in [0.05, 0.1) is 0 Å². The summed E-state index contributed by atoms with van der Waals surface area (Å²) >= 11 is 6.04. The molecular weight excluding hydrogens is 304 g/mol. The van der Waals surface area contributed by atoms with Gasteiger partial charge in [-0.05, 0) is 51.0 Å². The molecule has 3 rings (SSSR count). The summed E-state index contributed by atoms with van der Waals surface area (Å²) in [5, 5.41) is 12.3. The van der Waals surface area contributed by atoms with Crippen molar-refractivity contribution >= 4 is 28.6 Å². The molecule has 1 aromatic heterocycles. The summed E-state index contributed by atoms with van der Waals surface area (Å²) in [5.74, 6) is 0. The van der Waals surface area contributed by atoms with Gasteiger partial charge < -0.3 is 14.8 Å². The van der Waals surface area contributed by atoms with Crippen LogP contribution in [0.2, 0.25) is 5.02 Å². The highest BCUT2D eigenvalue weighted by Crippen LogP contribution is 2.37. The van der Waals surface area contributed by atoms with E-state index in [1.807, 2.05) is 24.4 Å². The number of aromatic nitrogens is 1. The molecule has 6 heteroatoms. The van der Waals surface area contributed by atoms with E-state index in [1.54, 1.807) is 20.8 Å². The predicted molar refractivity (Wildman–Crippen MR) is 84.9 cm³/mol. The maximum Gasteiger partial charge on any atom is 0.412 e. The number of hydrogen-bond donors (Lipinski definition) is 2. The highest BCUT2D eigenvalue weighted by Gasteiger charge is 2.56. The Labute approximate surface area is 133 Å². The van der Waals surface area contributed by atoms with Gasteiger partial charge in [0.1, 0.15) is 0 Å². The average molecular weight is 323 g/mol. The molecule has 0 aliphatic carbocycles. The van der Waals surface area contributed by atoms with E-state index in [9.17, 15) is 9.90 Å². The van der Waals surface area contributed by atoms with Crippen LogP contribution < -0.4 is 0 Å². The number of amides is 1. The number of nitrogens with zero attached hydrogens (tertiary/aromatic N) is 1. The molecule has 1 saturated heterocycles. The van der Waals surface area contributed by atoms with E-state index in [0.29, 0.717) is 18.0 Å². The number of fused-ring (bicyclic) bond motifs is 1. The van der Waals surface area contributed by atoms with Gasteiger partial charge in [-0.2, -0.15) is 0 Å². The first-order valence-electron chi connectivity index (χ1n) is 7.21. The van der Waals surface area contributed by atoms with E-state index < -0.39 is 17.4 Å². The van der Waals surface area contributed by atoms with E-state index in [2.05, 4.69) is 4.98 Å². The Morgan fingerprint density at radius 2 is 2.09 bits per heavy atom. The summed E-state index contributed by atoms with van der Waals surface area (Å²) in [6, 6.07) is 5.65. The number of cyclic esters (lactones) is 1. The first-order chi connectivity index (χ1) is 10.2. The Bertz CT molecular complexity index is 736. The van der Waals surface area contributed by atoms with Crippen LogP contribution in [0.4, 0.5) is 4.79 Å². The molecule has 0 radical (unpaired) electrons. The van der Waals surface area contributed by atoms with Crippen LogP contribution in [0.1, 0.15) is 26.3 Å². The minimum atomic E-state index is -1.34. The second-order valence-corrected chi connectivity index (χ2v) is 6.74. The molecule has 0 bridgehead atoms. The summed E-state index contributed by atoms with van der Waals surface area (Å²) in [7, 11) is 0. The van der Waals surface area contributed by atoms with Crippen molar-refractivity contribution in [3.8, 4) is 0 Å². The fourth-order valence-corrected chi connectivity index (χ4v) is 2.94. The van der Waals surface area contributed by atoms with Crippen LogP contribution in [-0.2, 0) is 11.2 Å². The summed E-state index contributed by atoms with van der Waals surface area (Å²) < 4.78 is 5.26. The molecule has 1 aliphatic rings. The molecular formula is C16H19ClN2O3. The number of rotatable bonds is 3. The molecule has 0 unspecified atom stereocenters. The van der Waals surface area contributed by atoms with Crippen molar-refractivity contribution in [1.82, 2.24) is 9.88 Å². The van der Waals surface area contributed by atoms with Gasteiger partial charge in [-0.25, -0.2) is 4.79 Å². The molecule has 118 valence electrons. The van der Waals surface area contributed by atoms with Crippen molar-refractivity contribution in [3.63, 3.8) is 0 Å². The molecule has 1 aliphatic heterocycles. The molecule has 1 amide bonds. The summed E-state index contributed by atoms with van der Waals surface area (Å²) in [5.41, 5.74) is -0.233. The van der Waals surface area contributed by atoms with Crippen LogP contribution in [0.15, 0.2) is 24.4 Å². The molecule has 5 nitrogen and oxygen atoms in total. The number of hydrogen-bond acceptors (Lipinski definition) is 3. The molecule has 0 saturated carbocycles. The smallest absolute Gasteiger partial charge is 0.412 e. The van der Waals surface area contributed by atoms with Crippen LogP contribution in [0.3, 0.4) is 0 Å². The Morgan fingerprint density at radius 1 is 1.36 bits per heavy atom. The fraction of sp³-hybridized carbons (Fsp3) is 0.438. The van der Waals surface area contributed by atoms with Gasteiger partial charge in [0.25, 0.3) is 0 Å². The van der Waals surface area contributed by atoms with Crippen LogP contribution in [-0.4, -0.2) is 39.0 Å². The Balaban J connectivity index is 1.82. The summed E-state index contributed by atoms with van der Waals surface area (Å²) in [4.78, 5) is 16.6. The molecule has 2 heterocycles. The van der Waals surface area contributed by atoms with E-state index in [4.69, 9.17) is 16.3 Å². The number of aromatic amines is 1. The third-order valence-electron chi connectivity index (χ3n) is 4.56. The van der Waals surface area contributed by atoms with E-state index in [1.165, 1.54) is 4.90 Å². The number of carbonyl (C=O) groups is 1. The zero-order valence-electron chi connectivity index (χ0n) is 12.8. The third-order valence-corrected chi connectivity index (χ3v) is 4.80. The van der Waals surface area contributed by atoms with E-state index >= 15 is 0 Å². The second kappa shape index (κ2) is 4.89. The quantitative estimate of drug-likeness (QED) is 0.911. The predicted octanol–water partition coefficient (Wildman–Crippen LogP) is 3.30.